The van der Waals surface area contributed by atoms with Gasteiger partial charge in [-0.1, -0.05) is 20.8 Å². The fourth-order valence-electron chi connectivity index (χ4n) is 2.91. The zero-order valence-corrected chi connectivity index (χ0v) is 12.5. The summed E-state index contributed by atoms with van der Waals surface area (Å²) in [5.41, 5.74) is 1.96. The maximum atomic E-state index is 11.3. The summed E-state index contributed by atoms with van der Waals surface area (Å²) in [6.45, 7) is 7.41. The van der Waals surface area contributed by atoms with E-state index in [1.807, 2.05) is 23.7 Å². The fourth-order valence-corrected chi connectivity index (χ4v) is 2.91. The van der Waals surface area contributed by atoms with E-state index in [-0.39, 0.29) is 11.8 Å². The number of carboxylic acids is 1. The van der Waals surface area contributed by atoms with Gasteiger partial charge in [-0.25, -0.2) is 9.50 Å². The molecule has 21 heavy (non-hydrogen) atoms. The Morgan fingerprint density at radius 2 is 2.19 bits per heavy atom. The predicted octanol–water partition coefficient (Wildman–Crippen LogP) is 2.01. The van der Waals surface area contributed by atoms with Crippen LogP contribution in [-0.2, 0) is 4.79 Å². The van der Waals surface area contributed by atoms with Crippen LogP contribution >= 0.6 is 0 Å². The van der Waals surface area contributed by atoms with Crippen LogP contribution < -0.4 is 4.90 Å². The van der Waals surface area contributed by atoms with E-state index in [0.29, 0.717) is 19.0 Å². The van der Waals surface area contributed by atoms with Crippen LogP contribution in [0.1, 0.15) is 32.4 Å². The topological polar surface area (TPSA) is 70.7 Å². The van der Waals surface area contributed by atoms with Gasteiger partial charge in [-0.2, -0.15) is 5.10 Å². The summed E-state index contributed by atoms with van der Waals surface area (Å²) >= 11 is 0. The summed E-state index contributed by atoms with van der Waals surface area (Å²) in [5.74, 6) is 0.236. The largest absolute Gasteiger partial charge is 0.481 e. The van der Waals surface area contributed by atoms with Crippen LogP contribution in [0, 0.1) is 11.8 Å². The summed E-state index contributed by atoms with van der Waals surface area (Å²) in [5, 5.41) is 13.8. The molecule has 0 spiro atoms. The van der Waals surface area contributed by atoms with Gasteiger partial charge in [0.1, 0.15) is 5.52 Å². The first-order valence-electron chi connectivity index (χ1n) is 7.29. The first-order chi connectivity index (χ1) is 9.97. The maximum absolute atomic E-state index is 11.3. The second-order valence-electron chi connectivity index (χ2n) is 6.13. The average Bonchev–Trinajstić information content (AvgIpc) is 3.01. The predicted molar refractivity (Wildman–Crippen MR) is 79.6 cm³/mol. The highest BCUT2D eigenvalue weighted by atomic mass is 16.4. The molecule has 112 valence electrons. The average molecular weight is 288 g/mol. The molecule has 2 aromatic heterocycles. The van der Waals surface area contributed by atoms with Crippen LogP contribution in [0.25, 0.3) is 5.52 Å². The number of aliphatic carboxylic acids is 1. The molecule has 1 aliphatic rings. The molecule has 1 N–H and O–H groups in total. The third-order valence-corrected chi connectivity index (χ3v) is 4.21. The summed E-state index contributed by atoms with van der Waals surface area (Å²) in [4.78, 5) is 17.8. The minimum absolute atomic E-state index is 0.122. The van der Waals surface area contributed by atoms with Crippen LogP contribution in [0.15, 0.2) is 18.5 Å². The van der Waals surface area contributed by atoms with Gasteiger partial charge in [-0.3, -0.25) is 4.79 Å². The summed E-state index contributed by atoms with van der Waals surface area (Å²) in [6.07, 6.45) is 3.55. The van der Waals surface area contributed by atoms with E-state index < -0.39 is 5.97 Å². The Morgan fingerprint density at radius 3 is 2.81 bits per heavy atom. The maximum Gasteiger partial charge on any atom is 0.308 e. The number of hydrogen-bond acceptors (Lipinski definition) is 4. The summed E-state index contributed by atoms with van der Waals surface area (Å²) in [7, 11) is 0. The molecule has 1 aliphatic heterocycles. The minimum atomic E-state index is -0.728. The quantitative estimate of drug-likeness (QED) is 0.935. The van der Waals surface area contributed by atoms with Crippen LogP contribution in [0.5, 0.6) is 0 Å². The van der Waals surface area contributed by atoms with E-state index in [0.717, 1.165) is 17.0 Å². The second-order valence-corrected chi connectivity index (χ2v) is 6.13. The fraction of sp³-hybridized carbons (Fsp3) is 0.533. The standard InChI is InChI=1S/C15H20N4O2/c1-9(2)12-6-13-14(16-4-5-19(13)17-12)18-7-10(3)11(8-18)15(20)21/h4-6,9-11H,7-8H2,1-3H3,(H,20,21). The molecule has 0 radical (unpaired) electrons. The van der Waals surface area contributed by atoms with Crippen molar-refractivity contribution in [3.63, 3.8) is 0 Å². The van der Waals surface area contributed by atoms with Crippen molar-refractivity contribution in [1.82, 2.24) is 14.6 Å². The van der Waals surface area contributed by atoms with E-state index in [1.165, 1.54) is 0 Å². The smallest absolute Gasteiger partial charge is 0.308 e. The number of anilines is 1. The monoisotopic (exact) mass is 288 g/mol. The van der Waals surface area contributed by atoms with E-state index in [1.54, 1.807) is 6.20 Å². The Hall–Kier alpha value is -2.11. The van der Waals surface area contributed by atoms with E-state index in [4.69, 9.17) is 0 Å². The summed E-state index contributed by atoms with van der Waals surface area (Å²) in [6, 6.07) is 2.05. The minimum Gasteiger partial charge on any atom is -0.481 e. The molecule has 2 unspecified atom stereocenters. The molecule has 0 saturated carbocycles. The molecule has 0 bridgehead atoms. The lowest BCUT2D eigenvalue weighted by molar-refractivity contribution is -0.142. The lowest BCUT2D eigenvalue weighted by atomic mass is 9.99. The molecule has 3 rings (SSSR count). The highest BCUT2D eigenvalue weighted by molar-refractivity contribution is 5.75. The lowest BCUT2D eigenvalue weighted by Gasteiger charge is -2.17. The normalized spacial score (nSPS) is 22.4. The molecule has 0 amide bonds. The van der Waals surface area contributed by atoms with Gasteiger partial charge in [-0.15, -0.1) is 0 Å². The lowest BCUT2D eigenvalue weighted by Crippen LogP contribution is -2.24. The number of nitrogens with zero attached hydrogens (tertiary/aromatic N) is 4. The molecule has 6 heteroatoms. The number of carboxylic acid groups (broad SMARTS) is 1. The van der Waals surface area contributed by atoms with E-state index in [9.17, 15) is 9.90 Å². The number of aromatic nitrogens is 3. The molecule has 0 aromatic carbocycles. The van der Waals surface area contributed by atoms with Crippen molar-refractivity contribution < 1.29 is 9.90 Å². The molecule has 1 saturated heterocycles. The van der Waals surface area contributed by atoms with Crippen molar-refractivity contribution in [2.45, 2.75) is 26.7 Å². The first-order valence-corrected chi connectivity index (χ1v) is 7.29. The van der Waals surface area contributed by atoms with Gasteiger partial charge in [-0.05, 0) is 17.9 Å². The van der Waals surface area contributed by atoms with Gasteiger partial charge in [0.2, 0.25) is 0 Å². The Morgan fingerprint density at radius 1 is 1.43 bits per heavy atom. The Balaban J connectivity index is 1.99. The Kier molecular flexibility index (Phi) is 3.31. The molecule has 2 atom stereocenters. The molecular weight excluding hydrogens is 268 g/mol. The van der Waals surface area contributed by atoms with Crippen molar-refractivity contribution in [3.8, 4) is 0 Å². The Labute approximate surface area is 123 Å². The van der Waals surface area contributed by atoms with Crippen molar-refractivity contribution in [2.24, 2.45) is 11.8 Å². The zero-order chi connectivity index (χ0) is 15.1. The summed E-state index contributed by atoms with van der Waals surface area (Å²) < 4.78 is 1.83. The van der Waals surface area contributed by atoms with Gasteiger partial charge in [0.15, 0.2) is 5.82 Å². The van der Waals surface area contributed by atoms with E-state index >= 15 is 0 Å². The van der Waals surface area contributed by atoms with Gasteiger partial charge < -0.3 is 10.0 Å². The van der Waals surface area contributed by atoms with Crippen LogP contribution in [0.2, 0.25) is 0 Å². The van der Waals surface area contributed by atoms with Gasteiger partial charge >= 0.3 is 5.97 Å². The molecule has 3 heterocycles. The van der Waals surface area contributed by atoms with Crippen molar-refractivity contribution in [2.75, 3.05) is 18.0 Å². The van der Waals surface area contributed by atoms with Crippen molar-refractivity contribution in [1.29, 1.82) is 0 Å². The van der Waals surface area contributed by atoms with Gasteiger partial charge in [0.25, 0.3) is 0 Å². The molecule has 1 fully saturated rings. The Bertz CT molecular complexity index is 679. The SMILES string of the molecule is CC(C)c1cc2c(N3CC(C)C(C(=O)O)C3)nccn2n1. The van der Waals surface area contributed by atoms with Gasteiger partial charge in [0.05, 0.1) is 11.6 Å². The molecule has 2 aromatic rings. The zero-order valence-electron chi connectivity index (χ0n) is 12.5. The second kappa shape index (κ2) is 5.02. The number of carbonyl (C=O) groups is 1. The van der Waals surface area contributed by atoms with Crippen molar-refractivity contribution >= 4 is 17.3 Å². The first kappa shape index (κ1) is 13.9. The van der Waals surface area contributed by atoms with Crippen LogP contribution in [0.3, 0.4) is 0 Å². The highest BCUT2D eigenvalue weighted by Crippen LogP contribution is 2.30. The van der Waals surface area contributed by atoms with Crippen LogP contribution in [-0.4, -0.2) is 38.8 Å². The molecule has 6 nitrogen and oxygen atoms in total. The third kappa shape index (κ3) is 2.34. The third-order valence-electron chi connectivity index (χ3n) is 4.21. The number of fused-ring (bicyclic) bond motifs is 1. The highest BCUT2D eigenvalue weighted by Gasteiger charge is 2.36. The van der Waals surface area contributed by atoms with Crippen LogP contribution in [0.4, 0.5) is 5.82 Å². The van der Waals surface area contributed by atoms with Crippen molar-refractivity contribution in [3.05, 3.63) is 24.2 Å². The van der Waals surface area contributed by atoms with E-state index in [2.05, 4.69) is 28.8 Å². The molecule has 0 aliphatic carbocycles. The van der Waals surface area contributed by atoms with Gasteiger partial charge in [0, 0.05) is 25.5 Å². The molecular formula is C15H20N4O2. The number of rotatable bonds is 3. The number of hydrogen-bond donors (Lipinski definition) is 1.